The molecular formula is C46H27N3O2. The Morgan fingerprint density at radius 1 is 0.412 bits per heavy atom. The smallest absolute Gasteiger partial charge is 0.160 e. The number of fused-ring (bicyclic) bond motifs is 10. The number of para-hydroxylation sites is 4. The highest BCUT2D eigenvalue weighted by atomic mass is 16.3. The van der Waals surface area contributed by atoms with E-state index in [0.717, 1.165) is 94.1 Å². The van der Waals surface area contributed by atoms with Gasteiger partial charge in [-0.25, -0.2) is 9.97 Å². The predicted octanol–water partition coefficient (Wildman–Crippen LogP) is 12.4. The second-order valence-corrected chi connectivity index (χ2v) is 12.9. The molecule has 238 valence electrons. The van der Waals surface area contributed by atoms with Crippen LogP contribution in [0.3, 0.4) is 0 Å². The molecule has 7 aromatic carbocycles. The highest BCUT2D eigenvalue weighted by Gasteiger charge is 2.21. The van der Waals surface area contributed by atoms with Crippen LogP contribution in [0, 0.1) is 0 Å². The topological polar surface area (TPSA) is 57.0 Å². The monoisotopic (exact) mass is 653 g/mol. The lowest BCUT2D eigenvalue weighted by Crippen LogP contribution is -1.96. The van der Waals surface area contributed by atoms with E-state index in [1.165, 1.54) is 5.39 Å². The molecule has 0 unspecified atom stereocenters. The molecule has 0 atom stereocenters. The van der Waals surface area contributed by atoms with E-state index in [1.807, 2.05) is 42.5 Å². The van der Waals surface area contributed by atoms with Gasteiger partial charge in [-0.15, -0.1) is 0 Å². The van der Waals surface area contributed by atoms with Crippen LogP contribution >= 0.6 is 0 Å². The normalized spacial score (nSPS) is 11.9. The van der Waals surface area contributed by atoms with Gasteiger partial charge in [0.05, 0.1) is 22.4 Å². The van der Waals surface area contributed by atoms with Crippen LogP contribution in [0.1, 0.15) is 0 Å². The summed E-state index contributed by atoms with van der Waals surface area (Å²) in [6.07, 6.45) is 0. The Hall–Kier alpha value is -6.98. The molecule has 0 amide bonds. The van der Waals surface area contributed by atoms with Gasteiger partial charge in [0.25, 0.3) is 0 Å². The summed E-state index contributed by atoms with van der Waals surface area (Å²) in [5.74, 6) is 0.619. The van der Waals surface area contributed by atoms with E-state index in [1.54, 1.807) is 0 Å². The van der Waals surface area contributed by atoms with E-state index >= 15 is 0 Å². The molecule has 0 saturated carbocycles. The Balaban J connectivity index is 1.17. The minimum Gasteiger partial charge on any atom is -0.456 e. The maximum atomic E-state index is 7.03. The lowest BCUT2D eigenvalue weighted by molar-refractivity contribution is 0.669. The van der Waals surface area contributed by atoms with Crippen LogP contribution < -0.4 is 0 Å². The van der Waals surface area contributed by atoms with Crippen LogP contribution in [-0.4, -0.2) is 14.5 Å². The summed E-state index contributed by atoms with van der Waals surface area (Å²) in [4.78, 5) is 10.3. The van der Waals surface area contributed by atoms with Crippen molar-refractivity contribution in [2.75, 3.05) is 0 Å². The summed E-state index contributed by atoms with van der Waals surface area (Å²) in [6, 6.07) is 56.5. The first-order chi connectivity index (χ1) is 25.3. The summed E-state index contributed by atoms with van der Waals surface area (Å²) < 4.78 is 15.6. The van der Waals surface area contributed by atoms with E-state index in [0.29, 0.717) is 5.82 Å². The van der Waals surface area contributed by atoms with Gasteiger partial charge in [0.2, 0.25) is 0 Å². The lowest BCUT2D eigenvalue weighted by Gasteiger charge is -2.10. The average molecular weight is 654 g/mol. The summed E-state index contributed by atoms with van der Waals surface area (Å²) >= 11 is 0. The fourth-order valence-corrected chi connectivity index (χ4v) is 7.69. The van der Waals surface area contributed by atoms with E-state index in [2.05, 4.69) is 126 Å². The van der Waals surface area contributed by atoms with E-state index in [4.69, 9.17) is 18.8 Å². The van der Waals surface area contributed by atoms with Gasteiger partial charge in [0, 0.05) is 54.7 Å². The van der Waals surface area contributed by atoms with E-state index in [-0.39, 0.29) is 0 Å². The largest absolute Gasteiger partial charge is 0.456 e. The van der Waals surface area contributed by atoms with Crippen molar-refractivity contribution >= 4 is 65.7 Å². The van der Waals surface area contributed by atoms with Gasteiger partial charge in [0.1, 0.15) is 16.7 Å². The van der Waals surface area contributed by atoms with E-state index < -0.39 is 0 Å². The zero-order chi connectivity index (χ0) is 33.5. The fraction of sp³-hybridized carbons (Fsp3) is 0. The molecular weight excluding hydrogens is 627 g/mol. The van der Waals surface area contributed by atoms with Crippen molar-refractivity contribution in [2.24, 2.45) is 0 Å². The van der Waals surface area contributed by atoms with Crippen molar-refractivity contribution in [2.45, 2.75) is 0 Å². The van der Waals surface area contributed by atoms with Crippen LogP contribution in [0.2, 0.25) is 0 Å². The molecule has 0 bridgehead atoms. The molecule has 0 N–H and O–H groups in total. The molecule has 0 aliphatic heterocycles. The number of rotatable bonds is 4. The lowest BCUT2D eigenvalue weighted by atomic mass is 10.0. The maximum Gasteiger partial charge on any atom is 0.160 e. The molecule has 0 aliphatic rings. The summed E-state index contributed by atoms with van der Waals surface area (Å²) in [5.41, 5.74) is 11.0. The predicted molar refractivity (Wildman–Crippen MR) is 207 cm³/mol. The third kappa shape index (κ3) is 4.22. The van der Waals surface area contributed by atoms with Crippen molar-refractivity contribution in [3.05, 3.63) is 164 Å². The van der Waals surface area contributed by atoms with Crippen molar-refractivity contribution in [3.8, 4) is 39.6 Å². The summed E-state index contributed by atoms with van der Waals surface area (Å²) in [5, 5.41) is 6.61. The Morgan fingerprint density at radius 2 is 1.08 bits per heavy atom. The van der Waals surface area contributed by atoms with Gasteiger partial charge in [-0.2, -0.15) is 0 Å². The van der Waals surface area contributed by atoms with Gasteiger partial charge >= 0.3 is 0 Å². The Labute approximate surface area is 291 Å². The van der Waals surface area contributed by atoms with Crippen molar-refractivity contribution < 1.29 is 8.83 Å². The number of hydrogen-bond donors (Lipinski definition) is 0. The molecule has 0 spiro atoms. The SMILES string of the molecule is c1ccc(-c2cc(-c3cccc4c3oc3c4ccc4c5ccccc5n(-c5ccccc5)c43)nc(-c3ccc4c(c3)oc3ccccc34)n2)cc1. The van der Waals surface area contributed by atoms with Gasteiger partial charge in [-0.3, -0.25) is 0 Å². The molecule has 11 rings (SSSR count). The van der Waals surface area contributed by atoms with Gasteiger partial charge in [0.15, 0.2) is 11.4 Å². The number of aromatic nitrogens is 3. The minimum atomic E-state index is 0.619. The van der Waals surface area contributed by atoms with Crippen LogP contribution in [0.5, 0.6) is 0 Å². The highest BCUT2D eigenvalue weighted by molar-refractivity contribution is 6.22. The highest BCUT2D eigenvalue weighted by Crippen LogP contribution is 2.43. The Morgan fingerprint density at radius 3 is 1.96 bits per heavy atom. The van der Waals surface area contributed by atoms with Gasteiger partial charge in [-0.05, 0) is 54.6 Å². The Bertz CT molecular complexity index is 3130. The second kappa shape index (κ2) is 10.8. The zero-order valence-corrected chi connectivity index (χ0v) is 27.2. The number of benzene rings is 7. The van der Waals surface area contributed by atoms with Crippen molar-refractivity contribution in [1.29, 1.82) is 0 Å². The second-order valence-electron chi connectivity index (χ2n) is 12.9. The van der Waals surface area contributed by atoms with Crippen LogP contribution in [0.25, 0.3) is 105 Å². The maximum absolute atomic E-state index is 7.03. The summed E-state index contributed by atoms with van der Waals surface area (Å²) in [6.45, 7) is 0. The van der Waals surface area contributed by atoms with Crippen molar-refractivity contribution in [1.82, 2.24) is 14.5 Å². The number of nitrogens with zero attached hydrogens (tertiary/aromatic N) is 3. The molecule has 0 fully saturated rings. The molecule has 0 saturated heterocycles. The zero-order valence-electron chi connectivity index (χ0n) is 27.2. The van der Waals surface area contributed by atoms with Crippen molar-refractivity contribution in [3.63, 3.8) is 0 Å². The summed E-state index contributed by atoms with van der Waals surface area (Å²) in [7, 11) is 0. The first-order valence-corrected chi connectivity index (χ1v) is 17.1. The van der Waals surface area contributed by atoms with Gasteiger partial charge in [-0.1, -0.05) is 109 Å². The fourth-order valence-electron chi connectivity index (χ4n) is 7.69. The standard InChI is InChI=1S/C46H27N3O2/c1-3-12-28(13-4-1)38-27-39(48-46(47-38)29-22-23-33-32-17-8-10-21-41(32)50-42(33)26-29)37-19-11-18-35-36-25-24-34-31-16-7-9-20-40(31)49(30-14-5-2-6-15-30)43(34)45(36)51-44(35)37/h1-27H. The number of furan rings is 2. The van der Waals surface area contributed by atoms with E-state index in [9.17, 15) is 0 Å². The number of hydrogen-bond acceptors (Lipinski definition) is 4. The Kier molecular flexibility index (Phi) is 5.89. The molecule has 4 heterocycles. The van der Waals surface area contributed by atoms with Crippen LogP contribution in [0.15, 0.2) is 173 Å². The van der Waals surface area contributed by atoms with Gasteiger partial charge < -0.3 is 13.4 Å². The molecule has 4 aromatic heterocycles. The quantitative estimate of drug-likeness (QED) is 0.190. The van der Waals surface area contributed by atoms with Crippen LogP contribution in [-0.2, 0) is 0 Å². The molecule has 0 radical (unpaired) electrons. The first-order valence-electron chi connectivity index (χ1n) is 17.1. The molecule has 5 nitrogen and oxygen atoms in total. The molecule has 5 heteroatoms. The minimum absolute atomic E-state index is 0.619. The first kappa shape index (κ1) is 27.9. The third-order valence-electron chi connectivity index (χ3n) is 10.0. The molecule has 0 aliphatic carbocycles. The molecule has 11 aromatic rings. The average Bonchev–Trinajstić information content (AvgIpc) is 3.88. The van der Waals surface area contributed by atoms with Crippen LogP contribution in [0.4, 0.5) is 0 Å². The molecule has 51 heavy (non-hydrogen) atoms. The third-order valence-corrected chi connectivity index (χ3v) is 10.0.